The molecule has 0 aromatic heterocycles. The SMILES string of the molecule is CCN(CCCl)c1ccc(/C=C/C2=[N+](C)c3ccccc3C2(C)C)c(C)c1.O=S(=O)([O-])[O-]. The maximum Gasteiger partial charge on any atom is 0.209 e. The second kappa shape index (κ2) is 10.6. The quantitative estimate of drug-likeness (QED) is 0.265. The Morgan fingerprint density at radius 1 is 1.12 bits per heavy atom. The number of para-hydroxylation sites is 1. The van der Waals surface area contributed by atoms with E-state index in [1.807, 2.05) is 0 Å². The number of hydrogen-bond donors (Lipinski definition) is 0. The van der Waals surface area contributed by atoms with Crippen molar-refractivity contribution in [2.75, 3.05) is 30.9 Å². The Labute approximate surface area is 196 Å². The zero-order valence-corrected chi connectivity index (χ0v) is 20.7. The highest BCUT2D eigenvalue weighted by Crippen LogP contribution is 2.39. The molecule has 2 aromatic rings. The van der Waals surface area contributed by atoms with Gasteiger partial charge < -0.3 is 14.0 Å². The van der Waals surface area contributed by atoms with E-state index >= 15 is 0 Å². The molecule has 0 N–H and O–H groups in total. The van der Waals surface area contributed by atoms with Crippen molar-refractivity contribution >= 4 is 45.2 Å². The predicted molar refractivity (Wildman–Crippen MR) is 130 cm³/mol. The molecule has 174 valence electrons. The molecule has 1 aliphatic rings. The Bertz CT molecular complexity index is 1120. The van der Waals surface area contributed by atoms with E-state index in [0.717, 1.165) is 13.1 Å². The van der Waals surface area contributed by atoms with Crippen LogP contribution in [-0.4, -0.2) is 53.8 Å². The molecular formula is C24H30ClN2O4S-. The molecular weight excluding hydrogens is 448 g/mol. The zero-order chi connectivity index (χ0) is 24.1. The van der Waals surface area contributed by atoms with E-state index in [1.54, 1.807) is 0 Å². The highest BCUT2D eigenvalue weighted by molar-refractivity contribution is 7.79. The third-order valence-electron chi connectivity index (χ3n) is 5.72. The monoisotopic (exact) mass is 477 g/mol. The highest BCUT2D eigenvalue weighted by Gasteiger charge is 2.42. The second-order valence-electron chi connectivity index (χ2n) is 8.14. The first-order valence-corrected chi connectivity index (χ1v) is 12.2. The molecule has 0 saturated carbocycles. The molecule has 0 radical (unpaired) electrons. The number of benzene rings is 2. The summed E-state index contributed by atoms with van der Waals surface area (Å²) in [5, 5.41) is 0. The van der Waals surface area contributed by atoms with Gasteiger partial charge in [0.2, 0.25) is 5.69 Å². The third kappa shape index (κ3) is 6.42. The Hall–Kier alpha value is -2.19. The van der Waals surface area contributed by atoms with E-state index < -0.39 is 10.4 Å². The van der Waals surface area contributed by atoms with Crippen LogP contribution < -0.4 is 4.90 Å². The van der Waals surface area contributed by atoms with Gasteiger partial charge in [-0.05, 0) is 57.0 Å². The third-order valence-corrected chi connectivity index (χ3v) is 5.88. The summed E-state index contributed by atoms with van der Waals surface area (Å²) in [4.78, 5) is 2.31. The van der Waals surface area contributed by atoms with Crippen molar-refractivity contribution in [2.45, 2.75) is 33.1 Å². The van der Waals surface area contributed by atoms with Gasteiger partial charge in [0.1, 0.15) is 7.05 Å². The van der Waals surface area contributed by atoms with Gasteiger partial charge in [0.25, 0.3) is 0 Å². The van der Waals surface area contributed by atoms with Crippen LogP contribution in [0.25, 0.3) is 6.08 Å². The molecule has 0 atom stereocenters. The Morgan fingerprint density at radius 3 is 2.28 bits per heavy atom. The summed E-state index contributed by atoms with van der Waals surface area (Å²) in [6.45, 7) is 10.8. The number of rotatable bonds is 6. The predicted octanol–water partition coefficient (Wildman–Crippen LogP) is 4.44. The van der Waals surface area contributed by atoms with Crippen molar-refractivity contribution in [3.63, 3.8) is 0 Å². The summed E-state index contributed by atoms with van der Waals surface area (Å²) in [7, 11) is -3.01. The van der Waals surface area contributed by atoms with E-state index in [1.165, 1.54) is 33.8 Å². The lowest BCUT2D eigenvalue weighted by molar-refractivity contribution is -0.401. The first kappa shape index (κ1) is 26.1. The van der Waals surface area contributed by atoms with Crippen LogP contribution in [0.3, 0.4) is 0 Å². The molecule has 0 fully saturated rings. The lowest BCUT2D eigenvalue weighted by Gasteiger charge is -2.22. The van der Waals surface area contributed by atoms with Gasteiger partial charge in [-0.1, -0.05) is 24.3 Å². The number of aryl methyl sites for hydroxylation is 1. The maximum absolute atomic E-state index is 8.52. The smallest absolute Gasteiger partial charge is 0.209 e. The van der Waals surface area contributed by atoms with E-state index in [-0.39, 0.29) is 5.41 Å². The second-order valence-corrected chi connectivity index (χ2v) is 9.33. The van der Waals surface area contributed by atoms with E-state index in [2.05, 4.69) is 98.8 Å². The van der Waals surface area contributed by atoms with Gasteiger partial charge in [0.05, 0.1) is 5.41 Å². The summed E-state index contributed by atoms with van der Waals surface area (Å²) in [5.74, 6) is 0.648. The molecule has 1 heterocycles. The van der Waals surface area contributed by atoms with Crippen LogP contribution in [0.5, 0.6) is 0 Å². The molecule has 32 heavy (non-hydrogen) atoms. The van der Waals surface area contributed by atoms with Crippen LogP contribution in [0.15, 0.2) is 48.5 Å². The minimum atomic E-state index is -5.17. The van der Waals surface area contributed by atoms with Gasteiger partial charge in [-0.2, -0.15) is 4.58 Å². The van der Waals surface area contributed by atoms with Gasteiger partial charge >= 0.3 is 0 Å². The zero-order valence-electron chi connectivity index (χ0n) is 19.1. The van der Waals surface area contributed by atoms with Crippen molar-refractivity contribution in [1.82, 2.24) is 0 Å². The molecule has 0 spiro atoms. The van der Waals surface area contributed by atoms with Gasteiger partial charge in [-0.15, -0.1) is 11.6 Å². The van der Waals surface area contributed by atoms with Crippen molar-refractivity contribution < 1.29 is 22.1 Å². The summed E-state index contributed by atoms with van der Waals surface area (Å²) in [6.07, 6.45) is 4.52. The van der Waals surface area contributed by atoms with Crippen LogP contribution in [0, 0.1) is 6.92 Å². The van der Waals surface area contributed by atoms with E-state index in [4.69, 9.17) is 29.1 Å². The van der Waals surface area contributed by atoms with Crippen molar-refractivity contribution in [3.8, 4) is 0 Å². The highest BCUT2D eigenvalue weighted by atomic mass is 35.5. The molecule has 3 rings (SSSR count). The first-order valence-electron chi connectivity index (χ1n) is 10.4. The number of fused-ring (bicyclic) bond motifs is 1. The number of nitrogens with zero attached hydrogens (tertiary/aromatic N) is 2. The Morgan fingerprint density at radius 2 is 1.75 bits per heavy atom. The Balaban J connectivity index is 0.000000654. The fourth-order valence-electron chi connectivity index (χ4n) is 4.09. The van der Waals surface area contributed by atoms with E-state index in [9.17, 15) is 0 Å². The molecule has 0 bridgehead atoms. The van der Waals surface area contributed by atoms with Crippen molar-refractivity contribution in [3.05, 3.63) is 65.2 Å². The topological polar surface area (TPSA) is 86.5 Å². The lowest BCUT2D eigenvalue weighted by Crippen LogP contribution is -2.26. The molecule has 6 nitrogen and oxygen atoms in total. The van der Waals surface area contributed by atoms with E-state index in [0.29, 0.717) is 5.88 Å². The van der Waals surface area contributed by atoms with Gasteiger partial charge in [0, 0.05) is 52.8 Å². The van der Waals surface area contributed by atoms with Gasteiger partial charge in [-0.3, -0.25) is 8.42 Å². The summed E-state index contributed by atoms with van der Waals surface area (Å²) in [5.41, 5.74) is 7.81. The summed E-state index contributed by atoms with van der Waals surface area (Å²) in [6, 6.07) is 15.4. The Kier molecular flexibility index (Phi) is 8.65. The molecule has 8 heteroatoms. The van der Waals surface area contributed by atoms with Crippen LogP contribution in [0.4, 0.5) is 11.4 Å². The fraction of sp³-hybridized carbons (Fsp3) is 0.375. The largest absolute Gasteiger partial charge is 0.759 e. The standard InChI is InChI=1S/C24H30ClN2.H2O4S/c1-6-27(16-15-25)20-13-11-19(18(2)17-20)12-14-23-24(3,4)21-9-7-8-10-22(21)26(23)5;1-5(2,3)4/h7-14,17H,6,15-16H2,1-5H3;(H2,1,2,3,4)/q+1;/p-2. The van der Waals surface area contributed by atoms with Crippen molar-refractivity contribution in [1.29, 1.82) is 0 Å². The average molecular weight is 478 g/mol. The molecule has 0 aliphatic carbocycles. The molecule has 1 aliphatic heterocycles. The van der Waals surface area contributed by atoms with Gasteiger partial charge in [-0.25, -0.2) is 0 Å². The minimum Gasteiger partial charge on any atom is -0.759 e. The summed E-state index contributed by atoms with van der Waals surface area (Å²) < 4.78 is 36.4. The average Bonchev–Trinajstić information content (AvgIpc) is 2.90. The number of alkyl halides is 1. The van der Waals surface area contributed by atoms with Crippen LogP contribution >= 0.6 is 11.6 Å². The summed E-state index contributed by atoms with van der Waals surface area (Å²) >= 11 is 5.94. The van der Waals surface area contributed by atoms with Crippen molar-refractivity contribution in [2.24, 2.45) is 0 Å². The van der Waals surface area contributed by atoms with Crippen LogP contribution in [-0.2, 0) is 15.8 Å². The van der Waals surface area contributed by atoms with Crippen LogP contribution in [0.2, 0.25) is 0 Å². The molecule has 0 amide bonds. The molecule has 0 saturated heterocycles. The number of allylic oxidation sites excluding steroid dienone is 1. The number of anilines is 1. The lowest BCUT2D eigenvalue weighted by atomic mass is 9.81. The minimum absolute atomic E-state index is 0.00897. The molecule has 2 aromatic carbocycles. The molecule has 0 unspecified atom stereocenters. The van der Waals surface area contributed by atoms with Crippen LogP contribution in [0.1, 0.15) is 37.5 Å². The number of hydrogen-bond acceptors (Lipinski definition) is 5. The maximum atomic E-state index is 8.52. The fourth-order valence-corrected chi connectivity index (χ4v) is 4.29. The van der Waals surface area contributed by atoms with Gasteiger partial charge in [0.15, 0.2) is 5.71 Å². The first-order chi connectivity index (χ1) is 14.9. The number of halogens is 1. The normalized spacial score (nSPS) is 14.9.